The number of nitrogens with two attached hydrogens (primary N) is 1. The van der Waals surface area contributed by atoms with Crippen molar-refractivity contribution in [1.82, 2.24) is 0 Å². The van der Waals surface area contributed by atoms with Gasteiger partial charge in [-0.25, -0.2) is 14.4 Å². The van der Waals surface area contributed by atoms with Crippen LogP contribution in [-0.4, -0.2) is 60.0 Å². The Bertz CT molecular complexity index is 1050. The number of benzene rings is 1. The van der Waals surface area contributed by atoms with Gasteiger partial charge in [0.15, 0.2) is 11.5 Å². The lowest BCUT2D eigenvalue weighted by Crippen LogP contribution is -2.42. The predicted octanol–water partition coefficient (Wildman–Crippen LogP) is 6.96. The summed E-state index contributed by atoms with van der Waals surface area (Å²) in [6.07, 6.45) is -0.648. The van der Waals surface area contributed by atoms with Gasteiger partial charge in [0.2, 0.25) is 0 Å². The molecule has 0 aliphatic rings. The summed E-state index contributed by atoms with van der Waals surface area (Å²) in [5, 5.41) is 9.82. The number of carbonyl (C=O) groups is 4. The summed E-state index contributed by atoms with van der Waals surface area (Å²) in [5.74, 6) is -3.23. The minimum absolute atomic E-state index is 0.148. The van der Waals surface area contributed by atoms with E-state index in [1.807, 2.05) is 20.8 Å². The molecule has 0 radical (unpaired) electrons. The molecular formula is C31H49NO11. The molecule has 1 aromatic carbocycles. The SMILES string of the molecule is CCCC(C)OC(=O)Oc1ccc(C(C(C)C(C)OC(=O)OC(C)CCC)[C@H](N)C(=O)O)cc1OC(=O)OC(C)CCC. The summed E-state index contributed by atoms with van der Waals surface area (Å²) in [6, 6.07) is 2.75. The Hall–Kier alpha value is -3.54. The maximum absolute atomic E-state index is 12.6. The van der Waals surface area contributed by atoms with Gasteiger partial charge in [-0.15, -0.1) is 0 Å². The second kappa shape index (κ2) is 18.9. The molecule has 0 aliphatic heterocycles. The molecule has 0 heterocycles. The summed E-state index contributed by atoms with van der Waals surface area (Å²) in [6.45, 7) is 14.3. The molecule has 0 amide bonds. The van der Waals surface area contributed by atoms with Crippen molar-refractivity contribution in [2.45, 2.75) is 130 Å². The van der Waals surface area contributed by atoms with E-state index in [-0.39, 0.29) is 17.6 Å². The highest BCUT2D eigenvalue weighted by molar-refractivity contribution is 5.75. The molecule has 0 aliphatic carbocycles. The Morgan fingerprint density at radius 2 is 1.14 bits per heavy atom. The van der Waals surface area contributed by atoms with Crippen molar-refractivity contribution >= 4 is 24.4 Å². The first kappa shape index (κ1) is 37.5. The molecule has 1 aromatic rings. The number of rotatable bonds is 17. The molecule has 0 saturated heterocycles. The lowest BCUT2D eigenvalue weighted by atomic mass is 9.79. The number of carboxylic acid groups (broad SMARTS) is 1. The number of carboxylic acids is 1. The molecule has 43 heavy (non-hydrogen) atoms. The number of hydrogen-bond acceptors (Lipinski definition) is 11. The van der Waals surface area contributed by atoms with E-state index in [0.29, 0.717) is 24.8 Å². The van der Waals surface area contributed by atoms with E-state index in [9.17, 15) is 24.3 Å². The van der Waals surface area contributed by atoms with Crippen LogP contribution in [0.5, 0.6) is 11.5 Å². The van der Waals surface area contributed by atoms with Gasteiger partial charge in [0.05, 0.1) is 0 Å². The van der Waals surface area contributed by atoms with Crippen LogP contribution in [0.3, 0.4) is 0 Å². The molecule has 0 aromatic heterocycles. The Kier molecular flexibility index (Phi) is 16.5. The van der Waals surface area contributed by atoms with Gasteiger partial charge in [0, 0.05) is 11.8 Å². The second-order valence-corrected chi connectivity index (χ2v) is 10.9. The molecule has 7 atom stereocenters. The first-order chi connectivity index (χ1) is 20.2. The van der Waals surface area contributed by atoms with E-state index < -0.39 is 60.6 Å². The minimum Gasteiger partial charge on any atom is -0.480 e. The number of aliphatic carboxylic acids is 1. The van der Waals surface area contributed by atoms with Gasteiger partial charge in [-0.2, -0.15) is 0 Å². The van der Waals surface area contributed by atoms with Crippen LogP contribution in [0.25, 0.3) is 0 Å². The average molecular weight is 612 g/mol. The molecule has 6 unspecified atom stereocenters. The average Bonchev–Trinajstić information content (AvgIpc) is 2.89. The fraction of sp³-hybridized carbons (Fsp3) is 0.677. The van der Waals surface area contributed by atoms with Gasteiger partial charge < -0.3 is 39.3 Å². The van der Waals surface area contributed by atoms with E-state index in [4.69, 9.17) is 34.2 Å². The van der Waals surface area contributed by atoms with Gasteiger partial charge in [0.25, 0.3) is 0 Å². The number of ether oxygens (including phenoxy) is 6. The van der Waals surface area contributed by atoms with Crippen LogP contribution in [0.4, 0.5) is 14.4 Å². The normalized spacial score (nSPS) is 15.9. The highest BCUT2D eigenvalue weighted by Gasteiger charge is 2.36. The van der Waals surface area contributed by atoms with E-state index in [2.05, 4.69) is 0 Å². The molecule has 0 spiro atoms. The van der Waals surface area contributed by atoms with Crippen LogP contribution < -0.4 is 15.2 Å². The minimum atomic E-state index is -1.44. The molecule has 0 fully saturated rings. The van der Waals surface area contributed by atoms with Crippen LogP contribution in [-0.2, 0) is 23.7 Å². The summed E-state index contributed by atoms with van der Waals surface area (Å²) in [4.78, 5) is 49.5. The molecule has 0 bridgehead atoms. The fourth-order valence-electron chi connectivity index (χ4n) is 4.58. The van der Waals surface area contributed by atoms with Gasteiger partial charge >= 0.3 is 24.4 Å². The second-order valence-electron chi connectivity index (χ2n) is 10.9. The van der Waals surface area contributed by atoms with Crippen molar-refractivity contribution in [2.75, 3.05) is 0 Å². The maximum atomic E-state index is 12.6. The van der Waals surface area contributed by atoms with E-state index in [1.54, 1.807) is 34.6 Å². The molecule has 3 N–H and O–H groups in total. The Morgan fingerprint density at radius 3 is 1.58 bits per heavy atom. The van der Waals surface area contributed by atoms with Crippen molar-refractivity contribution in [1.29, 1.82) is 0 Å². The van der Waals surface area contributed by atoms with Crippen LogP contribution in [0.1, 0.15) is 105 Å². The number of hydrogen-bond donors (Lipinski definition) is 2. The zero-order valence-corrected chi connectivity index (χ0v) is 26.6. The van der Waals surface area contributed by atoms with Gasteiger partial charge in [0.1, 0.15) is 30.5 Å². The zero-order valence-electron chi connectivity index (χ0n) is 26.6. The lowest BCUT2D eigenvalue weighted by molar-refractivity contribution is -0.139. The van der Waals surface area contributed by atoms with Crippen molar-refractivity contribution < 1.29 is 52.7 Å². The fourth-order valence-corrected chi connectivity index (χ4v) is 4.58. The van der Waals surface area contributed by atoms with Gasteiger partial charge in [-0.1, -0.05) is 53.0 Å². The van der Waals surface area contributed by atoms with Gasteiger partial charge in [-0.3, -0.25) is 4.79 Å². The molecule has 244 valence electrons. The first-order valence-corrected chi connectivity index (χ1v) is 15.0. The lowest BCUT2D eigenvalue weighted by Gasteiger charge is -2.31. The number of carbonyl (C=O) groups excluding carboxylic acids is 3. The predicted molar refractivity (Wildman–Crippen MR) is 158 cm³/mol. The summed E-state index contributed by atoms with van der Waals surface area (Å²) >= 11 is 0. The Balaban J connectivity index is 3.40. The first-order valence-electron chi connectivity index (χ1n) is 15.0. The summed E-state index contributed by atoms with van der Waals surface area (Å²) in [5.41, 5.74) is 6.45. The van der Waals surface area contributed by atoms with E-state index >= 15 is 0 Å². The standard InChI is InChI=1S/C31H49NO11/c1-9-12-18(4)38-29(35)41-22(8)21(7)26(27(32)28(33)34)23-15-16-24(42-30(36)39-19(5)13-10-2)25(17-23)43-31(37)40-20(6)14-11-3/h15-22,26-27H,9-14,32H2,1-8H3,(H,33,34)/t18?,19?,20?,21?,22?,26?,27-/m0/s1. The maximum Gasteiger partial charge on any atom is 0.514 e. The Labute approximate surface area is 254 Å². The molecule has 1 rings (SSSR count). The Morgan fingerprint density at radius 1 is 0.698 bits per heavy atom. The van der Waals surface area contributed by atoms with Gasteiger partial charge in [-0.05, 0) is 64.7 Å². The van der Waals surface area contributed by atoms with Crippen LogP contribution in [0.2, 0.25) is 0 Å². The zero-order chi connectivity index (χ0) is 32.7. The van der Waals surface area contributed by atoms with Crippen molar-refractivity contribution in [3.05, 3.63) is 23.8 Å². The van der Waals surface area contributed by atoms with E-state index in [0.717, 1.165) is 19.3 Å². The largest absolute Gasteiger partial charge is 0.514 e. The monoisotopic (exact) mass is 611 g/mol. The third-order valence-corrected chi connectivity index (χ3v) is 6.98. The smallest absolute Gasteiger partial charge is 0.480 e. The third kappa shape index (κ3) is 13.1. The third-order valence-electron chi connectivity index (χ3n) is 6.98. The van der Waals surface area contributed by atoms with Crippen LogP contribution >= 0.6 is 0 Å². The quantitative estimate of drug-likeness (QED) is 0.106. The molecule has 0 saturated carbocycles. The molecular weight excluding hydrogens is 562 g/mol. The van der Waals surface area contributed by atoms with E-state index in [1.165, 1.54) is 18.2 Å². The summed E-state index contributed by atoms with van der Waals surface area (Å²) in [7, 11) is 0. The molecule has 12 heteroatoms. The molecule has 12 nitrogen and oxygen atoms in total. The van der Waals surface area contributed by atoms with Crippen LogP contribution in [0.15, 0.2) is 18.2 Å². The van der Waals surface area contributed by atoms with Crippen molar-refractivity contribution in [2.24, 2.45) is 11.7 Å². The van der Waals surface area contributed by atoms with Crippen LogP contribution in [0, 0.1) is 5.92 Å². The highest BCUT2D eigenvalue weighted by Crippen LogP contribution is 2.37. The highest BCUT2D eigenvalue weighted by atomic mass is 16.8. The summed E-state index contributed by atoms with van der Waals surface area (Å²) < 4.78 is 32.1. The van der Waals surface area contributed by atoms with Crippen molar-refractivity contribution in [3.8, 4) is 11.5 Å². The van der Waals surface area contributed by atoms with Crippen molar-refractivity contribution in [3.63, 3.8) is 0 Å². The topological polar surface area (TPSA) is 170 Å².